The van der Waals surface area contributed by atoms with Crippen molar-refractivity contribution >= 4 is 11.9 Å². The van der Waals surface area contributed by atoms with Crippen LogP contribution in [-0.2, 0) is 4.79 Å². The van der Waals surface area contributed by atoms with E-state index >= 15 is 0 Å². The van der Waals surface area contributed by atoms with Crippen molar-refractivity contribution in [2.75, 3.05) is 13.1 Å². The highest BCUT2D eigenvalue weighted by Crippen LogP contribution is 1.98. The molecule has 0 aromatic carbocycles. The van der Waals surface area contributed by atoms with Crippen molar-refractivity contribution in [3.05, 3.63) is 0 Å². The fraction of sp³-hybridized carbons (Fsp3) is 0.667. The van der Waals surface area contributed by atoms with E-state index in [1.54, 1.807) is 6.92 Å². The second-order valence-electron chi connectivity index (χ2n) is 2.13. The molecule has 0 aromatic heterocycles. The van der Waals surface area contributed by atoms with Crippen LogP contribution in [0.25, 0.3) is 0 Å². The van der Waals surface area contributed by atoms with Gasteiger partial charge in [-0.1, -0.05) is 6.92 Å². The molecule has 10 heavy (non-hydrogen) atoms. The lowest BCUT2D eigenvalue weighted by atomic mass is 10.4. The Hall–Kier alpha value is -1.06. The van der Waals surface area contributed by atoms with Crippen molar-refractivity contribution < 1.29 is 9.59 Å². The van der Waals surface area contributed by atoms with E-state index < -0.39 is 0 Å². The number of carbonyl (C=O) groups excluding carboxylic acids is 2. The third-order valence-corrected chi connectivity index (χ3v) is 1.46. The summed E-state index contributed by atoms with van der Waals surface area (Å²) in [4.78, 5) is 22.9. The van der Waals surface area contributed by atoms with Gasteiger partial charge >= 0.3 is 6.03 Å². The van der Waals surface area contributed by atoms with E-state index in [1.165, 1.54) is 4.90 Å². The standard InChI is InChI=1S/C6H10N2O2/c1-2-5(9)8-4-3-7-6(8)10/h2-4H2,1H3,(H,7,10). The van der Waals surface area contributed by atoms with E-state index in [0.717, 1.165) is 0 Å². The first-order valence-corrected chi connectivity index (χ1v) is 3.34. The quantitative estimate of drug-likeness (QED) is 0.558. The molecule has 0 aliphatic carbocycles. The third-order valence-electron chi connectivity index (χ3n) is 1.46. The van der Waals surface area contributed by atoms with E-state index in [2.05, 4.69) is 5.32 Å². The van der Waals surface area contributed by atoms with Gasteiger partial charge < -0.3 is 5.32 Å². The molecular formula is C6H10N2O2. The van der Waals surface area contributed by atoms with Crippen molar-refractivity contribution in [3.8, 4) is 0 Å². The van der Waals surface area contributed by atoms with Crippen LogP contribution in [0.4, 0.5) is 4.79 Å². The van der Waals surface area contributed by atoms with Crippen LogP contribution in [0.2, 0.25) is 0 Å². The van der Waals surface area contributed by atoms with Crippen LogP contribution in [0, 0.1) is 0 Å². The SMILES string of the molecule is CCC(=O)N1CCNC1=O. The van der Waals surface area contributed by atoms with Crippen molar-refractivity contribution in [3.63, 3.8) is 0 Å². The number of urea groups is 1. The molecule has 0 aromatic rings. The van der Waals surface area contributed by atoms with E-state index in [1.807, 2.05) is 0 Å². The van der Waals surface area contributed by atoms with Crippen LogP contribution in [0.1, 0.15) is 13.3 Å². The summed E-state index contributed by atoms with van der Waals surface area (Å²) >= 11 is 0. The van der Waals surface area contributed by atoms with Gasteiger partial charge in [0.15, 0.2) is 0 Å². The van der Waals surface area contributed by atoms with Gasteiger partial charge in [0.05, 0.1) is 0 Å². The monoisotopic (exact) mass is 142 g/mol. The van der Waals surface area contributed by atoms with Crippen molar-refractivity contribution in [1.29, 1.82) is 0 Å². The molecule has 1 N–H and O–H groups in total. The average Bonchev–Trinajstić information content (AvgIpc) is 2.34. The lowest BCUT2D eigenvalue weighted by molar-refractivity contribution is -0.127. The predicted molar refractivity (Wildman–Crippen MR) is 35.4 cm³/mol. The summed E-state index contributed by atoms with van der Waals surface area (Å²) in [5.41, 5.74) is 0. The highest BCUT2D eigenvalue weighted by atomic mass is 16.2. The largest absolute Gasteiger partial charge is 0.336 e. The summed E-state index contributed by atoms with van der Waals surface area (Å²) in [6, 6.07) is -0.258. The van der Waals surface area contributed by atoms with Gasteiger partial charge in [0.25, 0.3) is 0 Å². The molecule has 56 valence electrons. The fourth-order valence-corrected chi connectivity index (χ4v) is 0.900. The number of rotatable bonds is 1. The normalized spacial score (nSPS) is 17.3. The molecule has 0 saturated carbocycles. The number of hydrogen-bond acceptors (Lipinski definition) is 2. The minimum Gasteiger partial charge on any atom is -0.336 e. The molecular weight excluding hydrogens is 132 g/mol. The first-order valence-electron chi connectivity index (χ1n) is 3.34. The molecule has 1 heterocycles. The van der Waals surface area contributed by atoms with Crippen LogP contribution in [0.5, 0.6) is 0 Å². The Morgan fingerprint density at radius 3 is 2.90 bits per heavy atom. The molecule has 4 nitrogen and oxygen atoms in total. The zero-order valence-corrected chi connectivity index (χ0v) is 5.89. The Morgan fingerprint density at radius 1 is 1.80 bits per heavy atom. The molecule has 0 spiro atoms. The molecule has 1 saturated heterocycles. The molecule has 4 heteroatoms. The number of carbonyl (C=O) groups is 2. The van der Waals surface area contributed by atoms with E-state index in [9.17, 15) is 9.59 Å². The molecule has 0 unspecified atom stereocenters. The summed E-state index contributed by atoms with van der Waals surface area (Å²) < 4.78 is 0. The number of hydrogen-bond donors (Lipinski definition) is 1. The second kappa shape index (κ2) is 2.68. The highest BCUT2D eigenvalue weighted by molar-refractivity contribution is 5.95. The number of amides is 3. The molecule has 1 fully saturated rings. The van der Waals surface area contributed by atoms with E-state index in [4.69, 9.17) is 0 Å². The van der Waals surface area contributed by atoms with Crippen LogP contribution in [0.15, 0.2) is 0 Å². The number of imide groups is 1. The van der Waals surface area contributed by atoms with Crippen molar-refractivity contribution in [1.82, 2.24) is 10.2 Å². The molecule has 0 atom stereocenters. The van der Waals surface area contributed by atoms with Gasteiger partial charge in [-0.3, -0.25) is 9.69 Å². The average molecular weight is 142 g/mol. The Bertz CT molecular complexity index is 167. The maximum absolute atomic E-state index is 10.9. The predicted octanol–water partition coefficient (Wildman–Crippen LogP) is -0.0518. The fourth-order valence-electron chi connectivity index (χ4n) is 0.900. The maximum Gasteiger partial charge on any atom is 0.324 e. The van der Waals surface area contributed by atoms with Gasteiger partial charge in [-0.05, 0) is 0 Å². The van der Waals surface area contributed by atoms with Gasteiger partial charge in [-0.2, -0.15) is 0 Å². The third kappa shape index (κ3) is 1.10. The van der Waals surface area contributed by atoms with Gasteiger partial charge in [0.2, 0.25) is 5.91 Å². The first kappa shape index (κ1) is 7.05. The second-order valence-corrected chi connectivity index (χ2v) is 2.13. The van der Waals surface area contributed by atoms with Gasteiger partial charge in [0, 0.05) is 19.5 Å². The van der Waals surface area contributed by atoms with Crippen LogP contribution < -0.4 is 5.32 Å². The van der Waals surface area contributed by atoms with Crippen molar-refractivity contribution in [2.45, 2.75) is 13.3 Å². The summed E-state index contributed by atoms with van der Waals surface area (Å²) in [6.45, 7) is 2.85. The van der Waals surface area contributed by atoms with E-state index in [-0.39, 0.29) is 11.9 Å². The Morgan fingerprint density at radius 2 is 2.50 bits per heavy atom. The zero-order chi connectivity index (χ0) is 7.56. The Kier molecular flexibility index (Phi) is 1.89. The number of nitrogens with one attached hydrogen (secondary N) is 1. The molecule has 1 rings (SSSR count). The smallest absolute Gasteiger partial charge is 0.324 e. The highest BCUT2D eigenvalue weighted by Gasteiger charge is 2.23. The van der Waals surface area contributed by atoms with Crippen molar-refractivity contribution in [2.24, 2.45) is 0 Å². The van der Waals surface area contributed by atoms with Gasteiger partial charge in [0.1, 0.15) is 0 Å². The summed E-state index contributed by atoms with van der Waals surface area (Å²) in [6.07, 6.45) is 0.396. The van der Waals surface area contributed by atoms with Gasteiger partial charge in [-0.25, -0.2) is 4.79 Å². The van der Waals surface area contributed by atoms with Gasteiger partial charge in [-0.15, -0.1) is 0 Å². The molecule has 0 radical (unpaired) electrons. The van der Waals surface area contributed by atoms with Crippen LogP contribution in [-0.4, -0.2) is 29.9 Å². The first-order chi connectivity index (χ1) is 4.75. The maximum atomic E-state index is 10.9. The summed E-state index contributed by atoms with van der Waals surface area (Å²) in [5.74, 6) is -0.102. The minimum atomic E-state index is -0.258. The lowest BCUT2D eigenvalue weighted by Gasteiger charge is -2.08. The minimum absolute atomic E-state index is 0.102. The van der Waals surface area contributed by atoms with Crippen LogP contribution >= 0.6 is 0 Å². The summed E-state index contributed by atoms with van der Waals surface area (Å²) in [7, 11) is 0. The Balaban J connectivity index is 2.55. The molecule has 3 amide bonds. The molecule has 1 aliphatic heterocycles. The zero-order valence-electron chi connectivity index (χ0n) is 5.89. The Labute approximate surface area is 59.2 Å². The molecule has 1 aliphatic rings. The topological polar surface area (TPSA) is 49.4 Å². The van der Waals surface area contributed by atoms with E-state index in [0.29, 0.717) is 19.5 Å². The number of nitrogens with zero attached hydrogens (tertiary/aromatic N) is 1. The summed E-state index contributed by atoms with van der Waals surface area (Å²) in [5, 5.41) is 2.55. The lowest BCUT2D eigenvalue weighted by Crippen LogP contribution is -2.33. The molecule has 0 bridgehead atoms. The van der Waals surface area contributed by atoms with Crippen LogP contribution in [0.3, 0.4) is 0 Å².